The Balaban J connectivity index is 0.000000426. The van der Waals surface area contributed by atoms with Gasteiger partial charge in [0.1, 0.15) is 6.04 Å². The zero-order chi connectivity index (χ0) is 27.5. The average molecular weight is 955 g/mol. The number of carboxylic acid groups (broad SMARTS) is 1. The van der Waals surface area contributed by atoms with E-state index in [-0.39, 0.29) is 56.3 Å². The zero-order valence-corrected chi connectivity index (χ0v) is 33.4. The minimum atomic E-state index is -0.685. The molecule has 14 heteroatoms. The van der Waals surface area contributed by atoms with Crippen LogP contribution < -0.4 is 5.46 Å². The molecule has 2 atom stereocenters. The van der Waals surface area contributed by atoms with E-state index < -0.39 is 5.97 Å². The van der Waals surface area contributed by atoms with E-state index in [0.29, 0.717) is 6.04 Å². The predicted molar refractivity (Wildman–Crippen MR) is 195 cm³/mol. The summed E-state index contributed by atoms with van der Waals surface area (Å²) in [4.78, 5) is 19.3. The fourth-order valence-corrected chi connectivity index (χ4v) is 5.12. The Hall–Kier alpha value is 1.74. The molecule has 0 aromatic heterocycles. The van der Waals surface area contributed by atoms with Crippen molar-refractivity contribution in [2.45, 2.75) is 83.1 Å². The Labute approximate surface area is 286 Å². The normalized spacial score (nSPS) is 25.0. The SMILES string of the molecule is CN1CCC[C@H]1C(=O)O.CN1CCC[C@H]1C1=Nc2ccc(B3OC(C)(C)C(C)(C)O3)cc2C1.S.S.[I][V]([I])[I]. The van der Waals surface area contributed by atoms with Crippen molar-refractivity contribution in [3.05, 3.63) is 23.8 Å². The molecule has 0 spiro atoms. The number of benzene rings is 1. The van der Waals surface area contributed by atoms with Crippen LogP contribution in [0.4, 0.5) is 5.69 Å². The summed E-state index contributed by atoms with van der Waals surface area (Å²) >= 11 is 7.39. The van der Waals surface area contributed by atoms with Crippen LogP contribution in [0.5, 0.6) is 0 Å². The van der Waals surface area contributed by atoms with Crippen LogP contribution in [-0.4, -0.2) is 84.2 Å². The summed E-state index contributed by atoms with van der Waals surface area (Å²) in [5.41, 5.74) is 4.23. The van der Waals surface area contributed by atoms with Gasteiger partial charge in [-0.05, 0) is 97.7 Å². The summed E-state index contributed by atoms with van der Waals surface area (Å²) in [6.45, 7) is 10.5. The molecule has 0 bridgehead atoms. The van der Waals surface area contributed by atoms with Crippen molar-refractivity contribution in [1.29, 1.82) is 0 Å². The van der Waals surface area contributed by atoms with Gasteiger partial charge in [-0.15, -0.1) is 0 Å². The summed E-state index contributed by atoms with van der Waals surface area (Å²) in [5, 5.41) is 8.54. The molecule has 0 saturated carbocycles. The molecule has 0 radical (unpaired) electrons. The molecular weight excluding hydrogens is 913 g/mol. The summed E-state index contributed by atoms with van der Waals surface area (Å²) in [6, 6.07) is 6.74. The third-order valence-corrected chi connectivity index (χ3v) is 7.98. The molecule has 0 amide bonds. The molecule has 222 valence electrons. The molecule has 0 aliphatic carbocycles. The Morgan fingerprint density at radius 1 is 1.03 bits per heavy atom. The molecular formula is C25H42BI3N3O4S2V. The topological polar surface area (TPSA) is 74.6 Å². The van der Waals surface area contributed by atoms with Gasteiger partial charge in [0.15, 0.2) is 0 Å². The van der Waals surface area contributed by atoms with Crippen molar-refractivity contribution < 1.29 is 24.1 Å². The third-order valence-electron chi connectivity index (χ3n) is 7.98. The maximum absolute atomic E-state index is 10.4. The molecule has 4 heterocycles. The average Bonchev–Trinajstić information content (AvgIpc) is 3.54. The first kappa shape index (κ1) is 38.8. The van der Waals surface area contributed by atoms with Crippen LogP contribution in [0.2, 0.25) is 0 Å². The zero-order valence-electron chi connectivity index (χ0n) is 23.5. The minimum absolute atomic E-state index is 0. The summed E-state index contributed by atoms with van der Waals surface area (Å²) < 4.78 is 12.4. The number of hydrogen-bond donors (Lipinski definition) is 1. The second-order valence-corrected chi connectivity index (χ2v) is 46.4. The van der Waals surface area contributed by atoms with Crippen molar-refractivity contribution in [1.82, 2.24) is 9.80 Å². The number of aliphatic imine (C=N–C) groups is 1. The first-order chi connectivity index (χ1) is 17.2. The number of nitrogens with zero attached hydrogens (tertiary/aromatic N) is 3. The van der Waals surface area contributed by atoms with Crippen LogP contribution in [0, 0.1) is 0 Å². The van der Waals surface area contributed by atoms with Gasteiger partial charge in [-0.25, -0.2) is 0 Å². The summed E-state index contributed by atoms with van der Waals surface area (Å²) in [7, 11) is 3.77. The van der Waals surface area contributed by atoms with Crippen molar-refractivity contribution >= 4 is 117 Å². The fourth-order valence-electron chi connectivity index (χ4n) is 5.12. The fraction of sp³-hybridized carbons (Fsp3) is 0.680. The van der Waals surface area contributed by atoms with Crippen LogP contribution in [0.1, 0.15) is 58.9 Å². The Kier molecular flexibility index (Phi) is 16.6. The van der Waals surface area contributed by atoms with Gasteiger partial charge in [-0.2, -0.15) is 27.0 Å². The number of fused-ring (bicyclic) bond motifs is 1. The van der Waals surface area contributed by atoms with Gasteiger partial charge in [-0.1, -0.05) is 12.1 Å². The van der Waals surface area contributed by atoms with E-state index in [1.165, 1.54) is 30.7 Å². The first-order valence-electron chi connectivity index (χ1n) is 12.7. The number of carboxylic acids is 1. The van der Waals surface area contributed by atoms with E-state index >= 15 is 0 Å². The Bertz CT molecular complexity index is 991. The van der Waals surface area contributed by atoms with Gasteiger partial charge >= 0.3 is 77.9 Å². The molecule has 3 saturated heterocycles. The van der Waals surface area contributed by atoms with E-state index in [1.54, 1.807) is 0 Å². The van der Waals surface area contributed by atoms with Crippen molar-refractivity contribution in [2.75, 3.05) is 27.2 Å². The van der Waals surface area contributed by atoms with Gasteiger partial charge < -0.3 is 14.4 Å². The van der Waals surface area contributed by atoms with E-state index in [2.05, 4.69) is 118 Å². The molecule has 7 nitrogen and oxygen atoms in total. The van der Waals surface area contributed by atoms with Crippen LogP contribution in [0.25, 0.3) is 0 Å². The van der Waals surface area contributed by atoms with Crippen LogP contribution in [0.3, 0.4) is 0 Å². The molecule has 5 rings (SSSR count). The molecule has 1 aromatic rings. The van der Waals surface area contributed by atoms with Gasteiger partial charge in [0.05, 0.1) is 16.9 Å². The van der Waals surface area contributed by atoms with Crippen LogP contribution in [-0.2, 0) is 25.4 Å². The van der Waals surface area contributed by atoms with Crippen LogP contribution in [0.15, 0.2) is 23.2 Å². The van der Waals surface area contributed by atoms with Gasteiger partial charge in [0, 0.05) is 18.2 Å². The predicted octanol–water partition coefficient (Wildman–Crippen LogP) is 5.75. The second kappa shape index (κ2) is 16.7. The molecule has 0 unspecified atom stereocenters. The molecule has 3 fully saturated rings. The summed E-state index contributed by atoms with van der Waals surface area (Å²) in [5.74, 6) is -0.685. The van der Waals surface area contributed by atoms with Gasteiger partial charge in [-0.3, -0.25) is 19.6 Å². The van der Waals surface area contributed by atoms with E-state index in [0.717, 1.165) is 37.0 Å². The van der Waals surface area contributed by atoms with Crippen molar-refractivity contribution in [2.24, 2.45) is 4.99 Å². The van der Waals surface area contributed by atoms with Crippen LogP contribution >= 0.6 is 86.9 Å². The monoisotopic (exact) mass is 955 g/mol. The molecule has 1 N–H and O–H groups in total. The quantitative estimate of drug-likeness (QED) is 0.308. The second-order valence-electron chi connectivity index (χ2n) is 11.1. The van der Waals surface area contributed by atoms with Gasteiger partial charge in [0.25, 0.3) is 0 Å². The standard InChI is InChI=1S/C19H27BN2O2.C6H11NO2.3HI.2H2S.V/c1-18(2)19(3,4)24-20(23-18)14-8-9-15-13(11-14)12-16(21-15)17-7-6-10-22(17)5;1-7-4-2-3-5(7)6(8)9;;;;;;/h8-9,11,17H,6-7,10,12H2,1-5H3;5H,2-4H2,1H3,(H,8,9);3*1H;2*1H2;/q;;;;;;;+3/p-3/t17-;5-;;;;;;/m00....../s1. The number of halogens is 3. The number of carbonyl (C=O) groups is 1. The Morgan fingerprint density at radius 3 is 2.00 bits per heavy atom. The van der Waals surface area contributed by atoms with E-state index in [9.17, 15) is 4.79 Å². The number of aliphatic carboxylic acids is 1. The summed E-state index contributed by atoms with van der Waals surface area (Å²) in [6.07, 6.45) is 5.29. The van der Waals surface area contributed by atoms with Crippen molar-refractivity contribution in [3.63, 3.8) is 0 Å². The number of likely N-dealkylation sites (N-methyl/N-ethyl adjacent to an activating group) is 1. The number of likely N-dealkylation sites (tertiary alicyclic amines) is 2. The molecule has 4 aliphatic heterocycles. The van der Waals surface area contributed by atoms with Gasteiger partial charge in [0.2, 0.25) is 0 Å². The van der Waals surface area contributed by atoms with E-state index in [1.807, 2.05) is 11.9 Å². The van der Waals surface area contributed by atoms with Crippen molar-refractivity contribution in [3.8, 4) is 0 Å². The Morgan fingerprint density at radius 2 is 1.56 bits per heavy atom. The number of rotatable bonds is 3. The third kappa shape index (κ3) is 10.4. The number of hydrogen-bond acceptors (Lipinski definition) is 6. The molecule has 1 aromatic carbocycles. The molecule has 4 aliphatic rings. The van der Waals surface area contributed by atoms with E-state index in [4.69, 9.17) is 19.4 Å². The maximum atomic E-state index is 10.4. The first-order valence-corrected chi connectivity index (χ1v) is 26.2. The molecule has 39 heavy (non-hydrogen) atoms.